The first kappa shape index (κ1) is 15.1. The number of nitrogen functional groups attached to an aromatic ring is 1. The van der Waals surface area contributed by atoms with Gasteiger partial charge in [-0.3, -0.25) is 10.6 Å². The Morgan fingerprint density at radius 1 is 1.14 bits per heavy atom. The number of carbonyl (C=O) groups excluding carboxylic acids is 1. The summed E-state index contributed by atoms with van der Waals surface area (Å²) in [5, 5.41) is 12.2. The number of halogens is 2. The summed E-state index contributed by atoms with van der Waals surface area (Å²) in [5.74, 6) is 4.92. The van der Waals surface area contributed by atoms with Crippen LogP contribution in [-0.2, 0) is 0 Å². The van der Waals surface area contributed by atoms with Gasteiger partial charge in [0.2, 0.25) is 0 Å². The van der Waals surface area contributed by atoms with Crippen LogP contribution in [0.25, 0.3) is 0 Å². The van der Waals surface area contributed by atoms with Crippen LogP contribution in [0.15, 0.2) is 36.4 Å². The van der Waals surface area contributed by atoms with E-state index in [1.165, 1.54) is 18.2 Å². The molecule has 7 heteroatoms. The van der Waals surface area contributed by atoms with E-state index in [1.54, 1.807) is 18.2 Å². The van der Waals surface area contributed by atoms with E-state index in [0.717, 1.165) is 0 Å². The van der Waals surface area contributed by atoms with Crippen molar-refractivity contribution in [2.45, 2.75) is 0 Å². The minimum absolute atomic E-state index is 0.267. The van der Waals surface area contributed by atoms with Crippen molar-refractivity contribution in [2.24, 2.45) is 5.84 Å². The minimum Gasteiger partial charge on any atom is -0.323 e. The zero-order valence-corrected chi connectivity index (χ0v) is 12.2. The largest absolute Gasteiger partial charge is 0.323 e. The fraction of sp³-hybridized carbons (Fsp3) is 0. The molecule has 21 heavy (non-hydrogen) atoms. The summed E-state index contributed by atoms with van der Waals surface area (Å²) in [5.41, 5.74) is 3.83. The van der Waals surface area contributed by atoms with E-state index < -0.39 is 5.91 Å². The second-order valence-corrected chi connectivity index (χ2v) is 4.94. The second-order valence-electron chi connectivity index (χ2n) is 4.09. The lowest BCUT2D eigenvalue weighted by Gasteiger charge is -2.11. The van der Waals surface area contributed by atoms with E-state index in [2.05, 4.69) is 10.7 Å². The van der Waals surface area contributed by atoms with Crippen LogP contribution >= 0.6 is 23.2 Å². The predicted molar refractivity (Wildman–Crippen MR) is 83.4 cm³/mol. The van der Waals surface area contributed by atoms with Gasteiger partial charge in [-0.25, -0.2) is 0 Å². The van der Waals surface area contributed by atoms with Gasteiger partial charge in [0.15, 0.2) is 0 Å². The standard InChI is InChI=1S/C14H10Cl2N4O/c15-9-2-4-12(20-18)10(6-9)14(21)19-13-5-8(7-17)1-3-11(13)16/h1-6,20H,18H2,(H,19,21). The van der Waals surface area contributed by atoms with E-state index in [9.17, 15) is 4.79 Å². The zero-order chi connectivity index (χ0) is 15.4. The third-order valence-corrected chi connectivity index (χ3v) is 3.29. The highest BCUT2D eigenvalue weighted by molar-refractivity contribution is 6.34. The third kappa shape index (κ3) is 3.44. The molecule has 0 heterocycles. The van der Waals surface area contributed by atoms with Crippen molar-refractivity contribution >= 4 is 40.5 Å². The Hall–Kier alpha value is -2.26. The highest BCUT2D eigenvalue weighted by atomic mass is 35.5. The zero-order valence-electron chi connectivity index (χ0n) is 10.7. The first-order chi connectivity index (χ1) is 10.0. The van der Waals surface area contributed by atoms with E-state index in [-0.39, 0.29) is 5.56 Å². The number of hydrazine groups is 1. The molecule has 0 unspecified atom stereocenters. The SMILES string of the molecule is N#Cc1ccc(Cl)c(NC(=O)c2cc(Cl)ccc2NN)c1. The van der Waals surface area contributed by atoms with Gasteiger partial charge < -0.3 is 10.7 Å². The van der Waals surface area contributed by atoms with Crippen molar-refractivity contribution in [1.29, 1.82) is 5.26 Å². The summed E-state index contributed by atoms with van der Waals surface area (Å²) in [7, 11) is 0. The Morgan fingerprint density at radius 3 is 2.57 bits per heavy atom. The normalized spacial score (nSPS) is 9.81. The molecule has 0 saturated heterocycles. The first-order valence-corrected chi connectivity index (χ1v) is 6.58. The molecule has 0 bridgehead atoms. The fourth-order valence-corrected chi connectivity index (χ4v) is 2.05. The summed E-state index contributed by atoms with van der Waals surface area (Å²) < 4.78 is 0. The van der Waals surface area contributed by atoms with E-state index in [4.69, 9.17) is 34.3 Å². The van der Waals surface area contributed by atoms with Gasteiger partial charge >= 0.3 is 0 Å². The van der Waals surface area contributed by atoms with Crippen molar-refractivity contribution in [3.05, 3.63) is 57.6 Å². The number of carbonyl (C=O) groups is 1. The van der Waals surface area contributed by atoms with Crippen LogP contribution in [0.2, 0.25) is 10.0 Å². The number of nitrogens with one attached hydrogen (secondary N) is 2. The Kier molecular flexibility index (Phi) is 4.66. The van der Waals surface area contributed by atoms with Crippen molar-refractivity contribution in [3.63, 3.8) is 0 Å². The average Bonchev–Trinajstić information content (AvgIpc) is 2.49. The lowest BCUT2D eigenvalue weighted by atomic mass is 10.1. The highest BCUT2D eigenvalue weighted by Crippen LogP contribution is 2.25. The predicted octanol–water partition coefficient (Wildman–Crippen LogP) is 3.40. The minimum atomic E-state index is -0.442. The Balaban J connectivity index is 2.35. The van der Waals surface area contributed by atoms with Crippen molar-refractivity contribution in [1.82, 2.24) is 0 Å². The maximum absolute atomic E-state index is 12.3. The number of nitrogens with zero attached hydrogens (tertiary/aromatic N) is 1. The van der Waals surface area contributed by atoms with Crippen molar-refractivity contribution < 1.29 is 4.79 Å². The molecule has 0 aliphatic heterocycles. The molecule has 0 aromatic heterocycles. The molecule has 1 amide bonds. The molecule has 5 nitrogen and oxygen atoms in total. The van der Waals surface area contributed by atoms with Crippen LogP contribution in [-0.4, -0.2) is 5.91 Å². The molecule has 2 aromatic carbocycles. The van der Waals surface area contributed by atoms with Gasteiger partial charge in [0.1, 0.15) is 0 Å². The van der Waals surface area contributed by atoms with Gasteiger partial charge in [-0.2, -0.15) is 5.26 Å². The van der Waals surface area contributed by atoms with Gasteiger partial charge in [0.05, 0.1) is 33.6 Å². The summed E-state index contributed by atoms with van der Waals surface area (Å²) in [6.07, 6.45) is 0. The molecule has 106 valence electrons. The molecule has 2 rings (SSSR count). The molecule has 0 aliphatic rings. The Bertz CT molecular complexity index is 740. The highest BCUT2D eigenvalue weighted by Gasteiger charge is 2.13. The van der Waals surface area contributed by atoms with Crippen LogP contribution in [0.5, 0.6) is 0 Å². The molecule has 0 radical (unpaired) electrons. The van der Waals surface area contributed by atoms with E-state index in [0.29, 0.717) is 27.0 Å². The fourth-order valence-electron chi connectivity index (χ4n) is 1.71. The quantitative estimate of drug-likeness (QED) is 0.597. The lowest BCUT2D eigenvalue weighted by molar-refractivity contribution is 0.102. The molecular formula is C14H10Cl2N4O. The number of hydrogen-bond acceptors (Lipinski definition) is 4. The van der Waals surface area contributed by atoms with E-state index >= 15 is 0 Å². The molecule has 0 spiro atoms. The number of nitriles is 1. The van der Waals surface area contributed by atoms with E-state index in [1.807, 2.05) is 6.07 Å². The molecule has 0 aliphatic carbocycles. The second kappa shape index (κ2) is 6.46. The van der Waals surface area contributed by atoms with Crippen LogP contribution in [0.4, 0.5) is 11.4 Å². The maximum Gasteiger partial charge on any atom is 0.257 e. The summed E-state index contributed by atoms with van der Waals surface area (Å²) in [6.45, 7) is 0. The summed E-state index contributed by atoms with van der Waals surface area (Å²) >= 11 is 11.9. The number of nitrogens with two attached hydrogens (primary N) is 1. The average molecular weight is 321 g/mol. The first-order valence-electron chi connectivity index (χ1n) is 5.82. The smallest absolute Gasteiger partial charge is 0.257 e. The third-order valence-electron chi connectivity index (χ3n) is 2.73. The van der Waals surface area contributed by atoms with Gasteiger partial charge in [-0.05, 0) is 36.4 Å². The lowest BCUT2D eigenvalue weighted by Crippen LogP contribution is -2.17. The van der Waals surface area contributed by atoms with Crippen LogP contribution < -0.4 is 16.6 Å². The molecule has 0 saturated carbocycles. The van der Waals surface area contributed by atoms with Crippen LogP contribution in [0.3, 0.4) is 0 Å². The van der Waals surface area contributed by atoms with Crippen molar-refractivity contribution in [2.75, 3.05) is 10.7 Å². The Morgan fingerprint density at radius 2 is 1.90 bits per heavy atom. The molecule has 2 aromatic rings. The maximum atomic E-state index is 12.3. The van der Waals surface area contributed by atoms with Crippen molar-refractivity contribution in [3.8, 4) is 6.07 Å². The number of rotatable bonds is 3. The molecule has 0 fully saturated rings. The van der Waals surface area contributed by atoms with Gasteiger partial charge in [0, 0.05) is 5.02 Å². The molecule has 0 atom stereocenters. The number of amides is 1. The van der Waals surface area contributed by atoms with Crippen LogP contribution in [0, 0.1) is 11.3 Å². The van der Waals surface area contributed by atoms with Gasteiger partial charge in [0.25, 0.3) is 5.91 Å². The summed E-state index contributed by atoms with van der Waals surface area (Å²) in [6, 6.07) is 11.2. The number of anilines is 2. The van der Waals surface area contributed by atoms with Gasteiger partial charge in [-0.1, -0.05) is 23.2 Å². The molecular weight excluding hydrogens is 311 g/mol. The number of benzene rings is 2. The monoisotopic (exact) mass is 320 g/mol. The van der Waals surface area contributed by atoms with Gasteiger partial charge in [-0.15, -0.1) is 0 Å². The summed E-state index contributed by atoms with van der Waals surface area (Å²) in [4.78, 5) is 12.3. The number of hydrogen-bond donors (Lipinski definition) is 3. The van der Waals surface area contributed by atoms with Crippen LogP contribution in [0.1, 0.15) is 15.9 Å². The topological polar surface area (TPSA) is 90.9 Å². The Labute approximate surface area is 131 Å². The molecule has 4 N–H and O–H groups in total.